The molecule has 1 fully saturated rings. The van der Waals surface area contributed by atoms with Crippen LogP contribution in [0.4, 0.5) is 17.6 Å². The fourth-order valence-corrected chi connectivity index (χ4v) is 4.28. The van der Waals surface area contributed by atoms with Crippen molar-refractivity contribution in [3.05, 3.63) is 35.4 Å². The van der Waals surface area contributed by atoms with E-state index in [0.29, 0.717) is 5.95 Å². The Hall–Kier alpha value is -2.62. The van der Waals surface area contributed by atoms with Crippen molar-refractivity contribution in [3.8, 4) is 5.75 Å². The highest BCUT2D eigenvalue weighted by Crippen LogP contribution is 2.41. The van der Waals surface area contributed by atoms with E-state index in [9.17, 15) is 0 Å². The number of morpholine rings is 1. The average Bonchev–Trinajstić information content (AvgIpc) is 3.21. The van der Waals surface area contributed by atoms with Crippen LogP contribution in [0, 0.1) is 0 Å². The molecule has 0 amide bonds. The molecule has 1 saturated heterocycles. The fourth-order valence-electron chi connectivity index (χ4n) is 4.28. The normalized spacial score (nSPS) is 20.6. The molecule has 5 rings (SSSR count). The molecular weight excluding hydrogens is 382 g/mol. The third-order valence-electron chi connectivity index (χ3n) is 5.97. The lowest BCUT2D eigenvalue weighted by molar-refractivity contribution is 0.0398. The molecule has 0 radical (unpaired) electrons. The van der Waals surface area contributed by atoms with Crippen molar-refractivity contribution >= 4 is 17.6 Å². The van der Waals surface area contributed by atoms with Crippen LogP contribution in [-0.2, 0) is 11.3 Å². The number of nitrogens with one attached hydrogen (secondary N) is 3. The lowest BCUT2D eigenvalue weighted by Crippen LogP contribution is -2.39. The van der Waals surface area contributed by atoms with Gasteiger partial charge in [-0.2, -0.15) is 9.97 Å². The number of ether oxygens (including phenoxy) is 2. The molecule has 0 aliphatic carbocycles. The number of aromatic nitrogens is 2. The Labute approximate surface area is 176 Å². The second-order valence-electron chi connectivity index (χ2n) is 7.89. The summed E-state index contributed by atoms with van der Waals surface area (Å²) in [6.45, 7) is 7.14. The molecule has 1 atom stereocenters. The predicted octanol–water partition coefficient (Wildman–Crippen LogP) is 1.61. The van der Waals surface area contributed by atoms with E-state index in [2.05, 4.69) is 38.1 Å². The number of rotatable bonds is 7. The number of hydrazine groups is 1. The van der Waals surface area contributed by atoms with Crippen molar-refractivity contribution < 1.29 is 9.47 Å². The number of nitrogens with zero attached hydrogens (tertiary/aromatic N) is 4. The summed E-state index contributed by atoms with van der Waals surface area (Å²) in [6, 6.07) is 8.52. The molecule has 3 N–H and O–H groups in total. The van der Waals surface area contributed by atoms with Gasteiger partial charge >= 0.3 is 0 Å². The Morgan fingerprint density at radius 2 is 2.00 bits per heavy atom. The van der Waals surface area contributed by atoms with Crippen LogP contribution in [0.2, 0.25) is 0 Å². The summed E-state index contributed by atoms with van der Waals surface area (Å²) in [7, 11) is 1.69. The lowest BCUT2D eigenvalue weighted by atomic mass is 10.0. The molecule has 1 unspecified atom stereocenters. The maximum Gasteiger partial charge on any atom is 0.226 e. The molecule has 0 spiro atoms. The average molecular weight is 412 g/mol. The summed E-state index contributed by atoms with van der Waals surface area (Å²) in [6.07, 6.45) is 1.02. The summed E-state index contributed by atoms with van der Waals surface area (Å²) >= 11 is 0. The largest absolute Gasteiger partial charge is 0.497 e. The standard InChI is InChI=1S/C21H29N7O2/c1-29-16-4-2-15(3-5-16)14-28-8-6-17-18-19(26-25-17)23-21(24-20(18)28)22-7-9-27-10-12-30-13-11-27/h2-5,17,25H,6-14H2,1H3,(H2,22,23,24,26). The van der Waals surface area contributed by atoms with Crippen LogP contribution >= 0.6 is 0 Å². The molecule has 9 nitrogen and oxygen atoms in total. The summed E-state index contributed by atoms with van der Waals surface area (Å²) in [5.74, 6) is 3.45. The number of anilines is 3. The van der Waals surface area contributed by atoms with Crippen LogP contribution in [0.3, 0.4) is 0 Å². The van der Waals surface area contributed by atoms with Gasteiger partial charge in [0.1, 0.15) is 11.6 Å². The monoisotopic (exact) mass is 411 g/mol. The quantitative estimate of drug-likeness (QED) is 0.629. The number of hydrogen-bond donors (Lipinski definition) is 3. The van der Waals surface area contributed by atoms with Gasteiger partial charge in [-0.25, -0.2) is 5.43 Å². The minimum absolute atomic E-state index is 0.268. The zero-order chi connectivity index (χ0) is 20.3. The van der Waals surface area contributed by atoms with Gasteiger partial charge in [0.15, 0.2) is 5.82 Å². The van der Waals surface area contributed by atoms with E-state index in [4.69, 9.17) is 19.4 Å². The lowest BCUT2D eigenvalue weighted by Gasteiger charge is -2.32. The second kappa shape index (κ2) is 8.63. The van der Waals surface area contributed by atoms with E-state index in [1.54, 1.807) is 7.11 Å². The molecule has 0 saturated carbocycles. The van der Waals surface area contributed by atoms with Gasteiger partial charge < -0.3 is 25.1 Å². The highest BCUT2D eigenvalue weighted by atomic mass is 16.5. The van der Waals surface area contributed by atoms with Crippen molar-refractivity contribution in [3.63, 3.8) is 0 Å². The van der Waals surface area contributed by atoms with E-state index < -0.39 is 0 Å². The zero-order valence-electron chi connectivity index (χ0n) is 17.4. The van der Waals surface area contributed by atoms with Crippen LogP contribution in [0.15, 0.2) is 24.3 Å². The highest BCUT2D eigenvalue weighted by Gasteiger charge is 2.34. The maximum atomic E-state index is 5.42. The molecule has 9 heteroatoms. The first-order chi connectivity index (χ1) is 14.8. The second-order valence-corrected chi connectivity index (χ2v) is 7.89. The Morgan fingerprint density at radius 3 is 2.80 bits per heavy atom. The predicted molar refractivity (Wildman–Crippen MR) is 116 cm³/mol. The SMILES string of the molecule is COc1ccc(CN2CCC3NNc4nc(NCCN5CCOCC5)nc2c43)cc1. The topological polar surface area (TPSA) is 86.8 Å². The number of hydrogen-bond acceptors (Lipinski definition) is 9. The highest BCUT2D eigenvalue weighted by molar-refractivity contribution is 5.67. The number of benzene rings is 1. The Balaban J connectivity index is 1.31. The summed E-state index contributed by atoms with van der Waals surface area (Å²) in [5.41, 5.74) is 9.02. The molecule has 160 valence electrons. The maximum absolute atomic E-state index is 5.42. The zero-order valence-corrected chi connectivity index (χ0v) is 17.4. The molecule has 3 aliphatic heterocycles. The van der Waals surface area contributed by atoms with E-state index in [-0.39, 0.29) is 6.04 Å². The smallest absolute Gasteiger partial charge is 0.226 e. The molecule has 1 aromatic carbocycles. The molecule has 1 aromatic heterocycles. The molecular formula is C21H29N7O2. The van der Waals surface area contributed by atoms with Crippen molar-refractivity contribution in [2.75, 3.05) is 68.7 Å². The number of methoxy groups -OCH3 is 1. The van der Waals surface area contributed by atoms with E-state index in [0.717, 1.165) is 76.3 Å². The van der Waals surface area contributed by atoms with E-state index in [1.807, 2.05) is 12.1 Å². The summed E-state index contributed by atoms with van der Waals surface area (Å²) in [4.78, 5) is 14.4. The van der Waals surface area contributed by atoms with Gasteiger partial charge in [0.2, 0.25) is 5.95 Å². The first-order valence-electron chi connectivity index (χ1n) is 10.7. The van der Waals surface area contributed by atoms with Gasteiger partial charge in [-0.3, -0.25) is 4.90 Å². The van der Waals surface area contributed by atoms with E-state index in [1.165, 1.54) is 11.1 Å². The van der Waals surface area contributed by atoms with Gasteiger partial charge in [0.05, 0.1) is 31.9 Å². The van der Waals surface area contributed by atoms with Crippen molar-refractivity contribution in [1.29, 1.82) is 0 Å². The first kappa shape index (κ1) is 19.3. The van der Waals surface area contributed by atoms with Gasteiger partial charge in [-0.05, 0) is 24.1 Å². The van der Waals surface area contributed by atoms with E-state index >= 15 is 0 Å². The van der Waals surface area contributed by atoms with Crippen molar-refractivity contribution in [2.24, 2.45) is 0 Å². The fraction of sp³-hybridized carbons (Fsp3) is 0.524. The third-order valence-corrected chi connectivity index (χ3v) is 5.97. The third kappa shape index (κ3) is 4.00. The van der Waals surface area contributed by atoms with Gasteiger partial charge in [0, 0.05) is 39.3 Å². The van der Waals surface area contributed by atoms with Crippen LogP contribution in [0.1, 0.15) is 23.6 Å². The van der Waals surface area contributed by atoms with Crippen LogP contribution in [0.25, 0.3) is 0 Å². The van der Waals surface area contributed by atoms with Gasteiger partial charge in [0.25, 0.3) is 0 Å². The first-order valence-corrected chi connectivity index (χ1v) is 10.7. The summed E-state index contributed by atoms with van der Waals surface area (Å²) in [5, 5.41) is 3.42. The van der Waals surface area contributed by atoms with Gasteiger partial charge in [-0.15, -0.1) is 0 Å². The van der Waals surface area contributed by atoms with Crippen LogP contribution in [-0.4, -0.2) is 67.9 Å². The molecule has 2 aromatic rings. The van der Waals surface area contributed by atoms with Crippen LogP contribution < -0.4 is 25.8 Å². The molecule has 4 heterocycles. The molecule has 3 aliphatic rings. The minimum atomic E-state index is 0.268. The molecule has 30 heavy (non-hydrogen) atoms. The Bertz CT molecular complexity index is 870. The molecule has 0 bridgehead atoms. The van der Waals surface area contributed by atoms with Crippen molar-refractivity contribution in [2.45, 2.75) is 19.0 Å². The van der Waals surface area contributed by atoms with Crippen molar-refractivity contribution in [1.82, 2.24) is 20.3 Å². The summed E-state index contributed by atoms with van der Waals surface area (Å²) < 4.78 is 10.7. The Kier molecular flexibility index (Phi) is 5.56. The Morgan fingerprint density at radius 1 is 1.17 bits per heavy atom. The minimum Gasteiger partial charge on any atom is -0.497 e. The van der Waals surface area contributed by atoms with Crippen LogP contribution in [0.5, 0.6) is 5.75 Å². The van der Waals surface area contributed by atoms with Gasteiger partial charge in [-0.1, -0.05) is 12.1 Å².